The summed E-state index contributed by atoms with van der Waals surface area (Å²) in [7, 11) is 0. The lowest BCUT2D eigenvalue weighted by atomic mass is 9.86. The minimum absolute atomic E-state index is 0.00273. The van der Waals surface area contributed by atoms with Gasteiger partial charge in [0, 0.05) is 6.04 Å². The van der Waals surface area contributed by atoms with Crippen LogP contribution < -0.4 is 10.6 Å². The second-order valence-corrected chi connectivity index (χ2v) is 7.70. The molecule has 30 heavy (non-hydrogen) atoms. The summed E-state index contributed by atoms with van der Waals surface area (Å²) < 4.78 is 4.91. The number of benzene rings is 1. The highest BCUT2D eigenvalue weighted by Gasteiger charge is 2.41. The molecule has 0 radical (unpaired) electrons. The fourth-order valence-corrected chi connectivity index (χ4v) is 3.82. The minimum Gasteiger partial charge on any atom is -0.454 e. The molecule has 0 spiro atoms. The van der Waals surface area contributed by atoms with Crippen LogP contribution in [0.15, 0.2) is 24.3 Å². The third kappa shape index (κ3) is 4.50. The third-order valence-corrected chi connectivity index (χ3v) is 5.58. The topological polar surface area (TPSA) is 122 Å². The molecule has 0 unspecified atom stereocenters. The van der Waals surface area contributed by atoms with E-state index in [1.54, 1.807) is 12.1 Å². The van der Waals surface area contributed by atoms with Gasteiger partial charge in [0.2, 0.25) is 0 Å². The van der Waals surface area contributed by atoms with Crippen LogP contribution in [0.4, 0.5) is 4.79 Å². The van der Waals surface area contributed by atoms with Gasteiger partial charge < -0.3 is 10.1 Å². The third-order valence-electron chi connectivity index (χ3n) is 5.58. The number of carbonyl (C=O) groups is 5. The van der Waals surface area contributed by atoms with E-state index in [2.05, 4.69) is 10.6 Å². The molecule has 2 aliphatic rings. The maximum atomic E-state index is 12.4. The quantitative estimate of drug-likeness (QED) is 0.557. The number of amides is 5. The maximum absolute atomic E-state index is 12.4. The Morgan fingerprint density at radius 1 is 1.10 bits per heavy atom. The van der Waals surface area contributed by atoms with Crippen molar-refractivity contribution in [2.24, 2.45) is 5.92 Å². The zero-order chi connectivity index (χ0) is 21.8. The number of hydrogen-bond donors (Lipinski definition) is 2. The zero-order valence-electron chi connectivity index (χ0n) is 17.0. The lowest BCUT2D eigenvalue weighted by Crippen LogP contribution is -2.49. The molecule has 2 N–H and O–H groups in total. The largest absolute Gasteiger partial charge is 0.454 e. The standard InChI is InChI=1S/C21H25N3O6/c1-12-7-3-6-10-16(12)22-21(29)23-17(25)11-30-20(28)13(2)24-18(26)14-8-4-5-9-15(14)19(24)27/h4-5,8-9,12-13,16H,3,6-7,10-11H2,1-2H3,(H2,22,23,25,29)/t12-,13-,16+/m1/s1. The smallest absolute Gasteiger partial charge is 0.329 e. The number of rotatable bonds is 5. The van der Waals surface area contributed by atoms with Crippen molar-refractivity contribution in [2.75, 3.05) is 6.61 Å². The van der Waals surface area contributed by atoms with Crippen molar-refractivity contribution >= 4 is 29.7 Å². The summed E-state index contributed by atoms with van der Waals surface area (Å²) in [5.74, 6) is -2.56. The summed E-state index contributed by atoms with van der Waals surface area (Å²) in [6.45, 7) is 2.70. The number of nitrogens with one attached hydrogen (secondary N) is 2. The predicted molar refractivity (Wildman–Crippen MR) is 105 cm³/mol. The molecule has 1 aliphatic carbocycles. The van der Waals surface area contributed by atoms with Crippen molar-refractivity contribution in [3.05, 3.63) is 35.4 Å². The molecule has 0 saturated heterocycles. The normalized spacial score (nSPS) is 21.6. The Labute approximate surface area is 174 Å². The highest BCUT2D eigenvalue weighted by atomic mass is 16.5. The van der Waals surface area contributed by atoms with E-state index in [4.69, 9.17) is 4.74 Å². The highest BCUT2D eigenvalue weighted by Crippen LogP contribution is 2.25. The number of esters is 1. The molecule has 0 aromatic heterocycles. The van der Waals surface area contributed by atoms with Crippen molar-refractivity contribution in [3.8, 4) is 0 Å². The minimum atomic E-state index is -1.21. The second-order valence-electron chi connectivity index (χ2n) is 7.70. The molecule has 9 heteroatoms. The fourth-order valence-electron chi connectivity index (χ4n) is 3.82. The van der Waals surface area contributed by atoms with E-state index in [9.17, 15) is 24.0 Å². The van der Waals surface area contributed by atoms with Gasteiger partial charge in [-0.05, 0) is 37.8 Å². The molecule has 1 aromatic carbocycles. The van der Waals surface area contributed by atoms with Gasteiger partial charge >= 0.3 is 12.0 Å². The molecular weight excluding hydrogens is 390 g/mol. The number of nitrogens with zero attached hydrogens (tertiary/aromatic N) is 1. The van der Waals surface area contributed by atoms with Crippen LogP contribution in [-0.2, 0) is 14.3 Å². The summed E-state index contributed by atoms with van der Waals surface area (Å²) in [4.78, 5) is 61.8. The van der Waals surface area contributed by atoms with E-state index in [1.165, 1.54) is 19.1 Å². The highest BCUT2D eigenvalue weighted by molar-refractivity contribution is 6.22. The number of imide groups is 2. The van der Waals surface area contributed by atoms with Gasteiger partial charge in [0.25, 0.3) is 17.7 Å². The summed E-state index contributed by atoms with van der Waals surface area (Å²) in [5.41, 5.74) is 0.432. The van der Waals surface area contributed by atoms with Gasteiger partial charge in [0.05, 0.1) is 11.1 Å². The van der Waals surface area contributed by atoms with Crippen LogP contribution in [0.25, 0.3) is 0 Å². The van der Waals surface area contributed by atoms with Crippen LogP contribution in [0.1, 0.15) is 60.2 Å². The summed E-state index contributed by atoms with van der Waals surface area (Å²) in [5, 5.41) is 4.90. The lowest BCUT2D eigenvalue weighted by molar-refractivity contribution is -0.151. The van der Waals surface area contributed by atoms with Crippen molar-refractivity contribution < 1.29 is 28.7 Å². The van der Waals surface area contributed by atoms with Gasteiger partial charge in [-0.1, -0.05) is 31.9 Å². The van der Waals surface area contributed by atoms with Crippen molar-refractivity contribution in [2.45, 2.75) is 51.6 Å². The molecule has 3 rings (SSSR count). The lowest BCUT2D eigenvalue weighted by Gasteiger charge is -2.29. The molecule has 3 atom stereocenters. The molecule has 1 fully saturated rings. The van der Waals surface area contributed by atoms with E-state index in [1.807, 2.05) is 6.92 Å². The second kappa shape index (κ2) is 9.06. The van der Waals surface area contributed by atoms with E-state index in [0.717, 1.165) is 30.6 Å². The van der Waals surface area contributed by atoms with Gasteiger partial charge in [-0.2, -0.15) is 0 Å². The molecular formula is C21H25N3O6. The molecule has 0 bridgehead atoms. The number of urea groups is 1. The van der Waals surface area contributed by atoms with Crippen molar-refractivity contribution in [1.29, 1.82) is 0 Å². The Bertz CT molecular complexity index is 848. The first-order chi connectivity index (χ1) is 14.3. The van der Waals surface area contributed by atoms with Gasteiger partial charge in [-0.25, -0.2) is 9.59 Å². The Morgan fingerprint density at radius 2 is 1.70 bits per heavy atom. The predicted octanol–water partition coefficient (Wildman–Crippen LogP) is 1.62. The Hall–Kier alpha value is -3.23. The van der Waals surface area contributed by atoms with Gasteiger partial charge in [0.15, 0.2) is 6.61 Å². The molecule has 1 heterocycles. The first-order valence-electron chi connectivity index (χ1n) is 10.0. The molecule has 5 amide bonds. The van der Waals surface area contributed by atoms with Gasteiger partial charge in [0.1, 0.15) is 6.04 Å². The van der Waals surface area contributed by atoms with E-state index in [-0.39, 0.29) is 17.2 Å². The summed E-state index contributed by atoms with van der Waals surface area (Å²) >= 11 is 0. The molecule has 9 nitrogen and oxygen atoms in total. The average molecular weight is 415 g/mol. The maximum Gasteiger partial charge on any atom is 0.329 e. The molecule has 1 aromatic rings. The number of fused-ring (bicyclic) bond motifs is 1. The van der Waals surface area contributed by atoms with E-state index >= 15 is 0 Å². The SMILES string of the molecule is C[C@@H]1CCCC[C@@H]1NC(=O)NC(=O)COC(=O)[C@@H](C)N1C(=O)c2ccccc2C1=O. The molecule has 1 saturated carbocycles. The summed E-state index contributed by atoms with van der Waals surface area (Å²) in [6.07, 6.45) is 4.03. The van der Waals surface area contributed by atoms with Crippen molar-refractivity contribution in [3.63, 3.8) is 0 Å². The number of ether oxygens (including phenoxy) is 1. The van der Waals surface area contributed by atoms with Crippen LogP contribution in [0.3, 0.4) is 0 Å². The van der Waals surface area contributed by atoms with Crippen LogP contribution in [0.5, 0.6) is 0 Å². The van der Waals surface area contributed by atoms with E-state index < -0.39 is 42.4 Å². The summed E-state index contributed by atoms with van der Waals surface area (Å²) in [6, 6.07) is 4.42. The first-order valence-corrected chi connectivity index (χ1v) is 10.0. The fraction of sp³-hybridized carbons (Fsp3) is 0.476. The van der Waals surface area contributed by atoms with Crippen LogP contribution in [0, 0.1) is 5.92 Å². The van der Waals surface area contributed by atoms with Crippen LogP contribution in [-0.4, -0.2) is 53.3 Å². The van der Waals surface area contributed by atoms with E-state index in [0.29, 0.717) is 5.92 Å². The monoisotopic (exact) mass is 415 g/mol. The van der Waals surface area contributed by atoms with Gasteiger partial charge in [-0.3, -0.25) is 24.6 Å². The Kier molecular flexibility index (Phi) is 6.49. The Morgan fingerprint density at radius 3 is 2.30 bits per heavy atom. The average Bonchev–Trinajstić information content (AvgIpc) is 2.98. The van der Waals surface area contributed by atoms with Crippen molar-refractivity contribution in [1.82, 2.24) is 15.5 Å². The first kappa shape index (κ1) is 21.5. The Balaban J connectivity index is 1.48. The number of hydrogen-bond acceptors (Lipinski definition) is 6. The van der Waals surface area contributed by atoms with Gasteiger partial charge in [-0.15, -0.1) is 0 Å². The van der Waals surface area contributed by atoms with Crippen LogP contribution >= 0.6 is 0 Å². The molecule has 1 aliphatic heterocycles. The molecule has 160 valence electrons. The van der Waals surface area contributed by atoms with Crippen LogP contribution in [0.2, 0.25) is 0 Å². The zero-order valence-corrected chi connectivity index (χ0v) is 17.0. The number of carbonyl (C=O) groups excluding carboxylic acids is 5.